The van der Waals surface area contributed by atoms with Gasteiger partial charge in [0.15, 0.2) is 0 Å². The number of thioether (sulfide) groups is 1. The van der Waals surface area contributed by atoms with Crippen LogP contribution in [0.15, 0.2) is 29.2 Å². The van der Waals surface area contributed by atoms with E-state index in [1.165, 1.54) is 0 Å². The number of carbonyl (C=O) groups is 1. The van der Waals surface area contributed by atoms with Crippen molar-refractivity contribution in [1.82, 2.24) is 10.2 Å². The minimum absolute atomic E-state index is 0.0620. The van der Waals surface area contributed by atoms with E-state index in [4.69, 9.17) is 0 Å². The number of piperazine rings is 1. The van der Waals surface area contributed by atoms with E-state index in [1.54, 1.807) is 11.8 Å². The lowest BCUT2D eigenvalue weighted by Crippen LogP contribution is -2.51. The molecule has 19 heavy (non-hydrogen) atoms. The molecule has 1 aromatic carbocycles. The average molecular weight is 279 g/mol. The first kappa shape index (κ1) is 14.4. The molecule has 0 aromatic heterocycles. The van der Waals surface area contributed by atoms with Crippen LogP contribution in [0.25, 0.3) is 0 Å². The second-order valence-electron chi connectivity index (χ2n) is 4.80. The topological polar surface area (TPSA) is 44.4 Å². The summed E-state index contributed by atoms with van der Waals surface area (Å²) in [4.78, 5) is 15.4. The third-order valence-corrected chi connectivity index (χ3v) is 4.06. The lowest BCUT2D eigenvalue weighted by atomic mass is 10.2. The number of hydrogen-bond donors (Lipinski definition) is 2. The van der Waals surface area contributed by atoms with E-state index in [0.29, 0.717) is 12.6 Å². The molecule has 1 aromatic rings. The summed E-state index contributed by atoms with van der Waals surface area (Å²) in [5.41, 5.74) is 0.875. The SMILES string of the molecule is CSc1cccc(NC(=O)CN2CCNC[C@H]2C)c1. The van der Waals surface area contributed by atoms with E-state index in [-0.39, 0.29) is 5.91 Å². The number of nitrogens with one attached hydrogen (secondary N) is 2. The molecule has 1 heterocycles. The molecule has 4 nitrogen and oxygen atoms in total. The van der Waals surface area contributed by atoms with Crippen LogP contribution in [0.1, 0.15) is 6.92 Å². The zero-order chi connectivity index (χ0) is 13.7. The van der Waals surface area contributed by atoms with Crippen LogP contribution < -0.4 is 10.6 Å². The van der Waals surface area contributed by atoms with Crippen LogP contribution in [0.2, 0.25) is 0 Å². The number of hydrogen-bond acceptors (Lipinski definition) is 4. The first-order valence-corrected chi connectivity index (χ1v) is 7.80. The Morgan fingerprint density at radius 3 is 3.16 bits per heavy atom. The zero-order valence-electron chi connectivity index (χ0n) is 11.5. The Kier molecular flexibility index (Phi) is 5.24. The highest BCUT2D eigenvalue weighted by molar-refractivity contribution is 7.98. The standard InChI is InChI=1S/C14H21N3OS/c1-11-9-15-6-7-17(11)10-14(18)16-12-4-3-5-13(8-12)19-2/h3-5,8,11,15H,6-7,9-10H2,1-2H3,(H,16,18)/t11-/m1/s1. The first-order chi connectivity index (χ1) is 9.19. The average Bonchev–Trinajstić information content (AvgIpc) is 2.41. The molecule has 1 aliphatic heterocycles. The van der Waals surface area contributed by atoms with Crippen molar-refractivity contribution >= 4 is 23.4 Å². The molecule has 0 saturated carbocycles. The fourth-order valence-corrected chi connectivity index (χ4v) is 2.66. The van der Waals surface area contributed by atoms with E-state index in [9.17, 15) is 4.79 Å². The second kappa shape index (κ2) is 6.93. The summed E-state index contributed by atoms with van der Waals surface area (Å²) in [5, 5.41) is 6.30. The van der Waals surface area contributed by atoms with Crippen molar-refractivity contribution in [2.24, 2.45) is 0 Å². The fourth-order valence-electron chi connectivity index (χ4n) is 2.20. The lowest BCUT2D eigenvalue weighted by Gasteiger charge is -2.33. The van der Waals surface area contributed by atoms with Crippen LogP contribution in [0.5, 0.6) is 0 Å². The number of nitrogens with zero attached hydrogens (tertiary/aromatic N) is 1. The maximum absolute atomic E-state index is 12.0. The first-order valence-electron chi connectivity index (χ1n) is 6.57. The van der Waals surface area contributed by atoms with Crippen LogP contribution >= 0.6 is 11.8 Å². The Hall–Kier alpha value is -1.04. The van der Waals surface area contributed by atoms with E-state index < -0.39 is 0 Å². The summed E-state index contributed by atoms with van der Waals surface area (Å²) in [7, 11) is 0. The molecule has 5 heteroatoms. The molecule has 1 saturated heterocycles. The highest BCUT2D eigenvalue weighted by atomic mass is 32.2. The molecular formula is C14H21N3OS. The molecule has 0 radical (unpaired) electrons. The monoisotopic (exact) mass is 279 g/mol. The molecule has 1 aliphatic rings. The van der Waals surface area contributed by atoms with E-state index in [0.717, 1.165) is 30.2 Å². The maximum atomic E-state index is 12.0. The van der Waals surface area contributed by atoms with Crippen LogP contribution in [0, 0.1) is 0 Å². The summed E-state index contributed by atoms with van der Waals surface area (Å²) in [6.07, 6.45) is 2.03. The summed E-state index contributed by atoms with van der Waals surface area (Å²) >= 11 is 1.68. The van der Waals surface area contributed by atoms with Gasteiger partial charge >= 0.3 is 0 Å². The van der Waals surface area contributed by atoms with Gasteiger partial charge in [-0.3, -0.25) is 9.69 Å². The Labute approximate surface area is 118 Å². The van der Waals surface area contributed by atoms with Crippen LogP contribution in [0.3, 0.4) is 0 Å². The Morgan fingerprint density at radius 1 is 1.58 bits per heavy atom. The predicted octanol–water partition coefficient (Wildman–Crippen LogP) is 1.64. The highest BCUT2D eigenvalue weighted by Crippen LogP contribution is 2.18. The smallest absolute Gasteiger partial charge is 0.238 e. The summed E-state index contributed by atoms with van der Waals surface area (Å²) < 4.78 is 0. The van der Waals surface area contributed by atoms with Crippen molar-refractivity contribution in [1.29, 1.82) is 0 Å². The van der Waals surface area contributed by atoms with Gasteiger partial charge in [-0.1, -0.05) is 6.07 Å². The number of benzene rings is 1. The molecule has 0 aliphatic carbocycles. The van der Waals surface area contributed by atoms with Gasteiger partial charge in [0.25, 0.3) is 0 Å². The Morgan fingerprint density at radius 2 is 2.42 bits per heavy atom. The van der Waals surface area contributed by atoms with Crippen LogP contribution in [0.4, 0.5) is 5.69 Å². The quantitative estimate of drug-likeness (QED) is 0.823. The van der Waals surface area contributed by atoms with E-state index in [1.807, 2.05) is 30.5 Å². The third kappa shape index (κ3) is 4.23. The van der Waals surface area contributed by atoms with Crippen molar-refractivity contribution in [3.63, 3.8) is 0 Å². The fraction of sp³-hybridized carbons (Fsp3) is 0.500. The van der Waals surface area contributed by atoms with Gasteiger partial charge < -0.3 is 10.6 Å². The Bertz CT molecular complexity index is 438. The lowest BCUT2D eigenvalue weighted by molar-refractivity contribution is -0.118. The minimum atomic E-state index is 0.0620. The van der Waals surface area contributed by atoms with E-state index >= 15 is 0 Å². The normalized spacial score (nSPS) is 20.2. The summed E-state index contributed by atoms with van der Waals surface area (Å²) in [5.74, 6) is 0.0620. The van der Waals surface area contributed by atoms with Gasteiger partial charge in [-0.2, -0.15) is 0 Å². The third-order valence-electron chi connectivity index (χ3n) is 3.34. The summed E-state index contributed by atoms with van der Waals surface area (Å²) in [6, 6.07) is 8.35. The van der Waals surface area contributed by atoms with Crippen molar-refractivity contribution in [3.8, 4) is 0 Å². The van der Waals surface area contributed by atoms with Crippen molar-refractivity contribution in [2.45, 2.75) is 17.9 Å². The Balaban J connectivity index is 1.89. The van der Waals surface area contributed by atoms with Crippen LogP contribution in [-0.2, 0) is 4.79 Å². The molecule has 1 atom stereocenters. The summed E-state index contributed by atoms with van der Waals surface area (Å²) in [6.45, 7) is 5.45. The van der Waals surface area contributed by atoms with Crippen molar-refractivity contribution < 1.29 is 4.79 Å². The van der Waals surface area contributed by atoms with Gasteiger partial charge in [-0.25, -0.2) is 0 Å². The van der Waals surface area contributed by atoms with Gasteiger partial charge in [-0.05, 0) is 31.4 Å². The van der Waals surface area contributed by atoms with Gasteiger partial charge in [0.1, 0.15) is 0 Å². The molecule has 0 unspecified atom stereocenters. The van der Waals surface area contributed by atoms with Crippen molar-refractivity contribution in [3.05, 3.63) is 24.3 Å². The minimum Gasteiger partial charge on any atom is -0.325 e. The molecule has 1 amide bonds. The highest BCUT2D eigenvalue weighted by Gasteiger charge is 2.20. The predicted molar refractivity (Wildman–Crippen MR) is 80.8 cm³/mol. The largest absolute Gasteiger partial charge is 0.325 e. The zero-order valence-corrected chi connectivity index (χ0v) is 12.3. The maximum Gasteiger partial charge on any atom is 0.238 e. The molecular weight excluding hydrogens is 258 g/mol. The molecule has 2 N–H and O–H groups in total. The number of amides is 1. The molecule has 0 spiro atoms. The molecule has 0 bridgehead atoms. The van der Waals surface area contributed by atoms with Crippen molar-refractivity contribution in [2.75, 3.05) is 37.8 Å². The molecule has 104 valence electrons. The number of rotatable bonds is 4. The molecule has 2 rings (SSSR count). The number of anilines is 1. The van der Waals surface area contributed by atoms with E-state index in [2.05, 4.69) is 22.5 Å². The second-order valence-corrected chi connectivity index (χ2v) is 5.68. The number of carbonyl (C=O) groups excluding carboxylic acids is 1. The van der Waals surface area contributed by atoms with Gasteiger partial charge in [0.05, 0.1) is 6.54 Å². The molecule has 1 fully saturated rings. The van der Waals surface area contributed by atoms with Gasteiger partial charge in [-0.15, -0.1) is 11.8 Å². The van der Waals surface area contributed by atoms with Gasteiger partial charge in [0, 0.05) is 36.3 Å². The van der Waals surface area contributed by atoms with Gasteiger partial charge in [0.2, 0.25) is 5.91 Å². The van der Waals surface area contributed by atoms with Crippen LogP contribution in [-0.4, -0.2) is 49.3 Å².